The third kappa shape index (κ3) is 2.19. The van der Waals surface area contributed by atoms with Gasteiger partial charge < -0.3 is 0 Å². The molecule has 0 radical (unpaired) electrons. The van der Waals surface area contributed by atoms with Crippen molar-refractivity contribution in [2.75, 3.05) is 0 Å². The molecule has 0 bridgehead atoms. The van der Waals surface area contributed by atoms with Crippen LogP contribution in [0.5, 0.6) is 0 Å². The Bertz CT molecular complexity index is 542. The lowest BCUT2D eigenvalue weighted by Gasteiger charge is -1.91. The Kier molecular flexibility index (Phi) is 3.15. The Morgan fingerprint density at radius 3 is 3.00 bits per heavy atom. The van der Waals surface area contributed by atoms with Crippen LogP contribution >= 0.6 is 11.3 Å². The number of thiophene rings is 1. The van der Waals surface area contributed by atoms with E-state index >= 15 is 0 Å². The van der Waals surface area contributed by atoms with Gasteiger partial charge in [0.1, 0.15) is 5.82 Å². The quantitative estimate of drug-likeness (QED) is 0.572. The first-order valence-electron chi connectivity index (χ1n) is 5.04. The van der Waals surface area contributed by atoms with Gasteiger partial charge >= 0.3 is 0 Å². The predicted octanol–water partition coefficient (Wildman–Crippen LogP) is 4.19. The minimum absolute atomic E-state index is 0.0986. The molecule has 0 saturated carbocycles. The van der Waals surface area contributed by atoms with Crippen molar-refractivity contribution < 1.29 is 9.18 Å². The first-order chi connectivity index (χ1) is 7.70. The fourth-order valence-electron chi connectivity index (χ4n) is 1.50. The lowest BCUT2D eigenvalue weighted by molar-refractivity contribution is 0.0987. The van der Waals surface area contributed by atoms with Crippen LogP contribution in [-0.2, 0) is 0 Å². The van der Waals surface area contributed by atoms with Gasteiger partial charge in [-0.25, -0.2) is 4.39 Å². The second-order valence-corrected chi connectivity index (χ2v) is 4.63. The molecule has 0 amide bonds. The number of carbonyl (C=O) groups is 1. The van der Waals surface area contributed by atoms with Gasteiger partial charge in [0, 0.05) is 11.1 Å². The van der Waals surface area contributed by atoms with Crippen molar-refractivity contribution in [1.29, 1.82) is 0 Å². The Morgan fingerprint density at radius 1 is 1.44 bits per heavy atom. The maximum atomic E-state index is 13.0. The van der Waals surface area contributed by atoms with E-state index in [0.29, 0.717) is 17.7 Å². The maximum Gasteiger partial charge on any atom is 0.173 e. The van der Waals surface area contributed by atoms with Gasteiger partial charge in [-0.1, -0.05) is 12.1 Å². The molecule has 0 saturated heterocycles. The van der Waals surface area contributed by atoms with Crippen molar-refractivity contribution in [2.45, 2.75) is 12.8 Å². The standard InChI is InChI=1S/C13H11FOS/c1-2-3-4-11(15)13-7-9-5-6-10(14)8-12(9)16-13/h2,5-8H,1,3-4H2. The van der Waals surface area contributed by atoms with E-state index in [4.69, 9.17) is 0 Å². The lowest BCUT2D eigenvalue weighted by atomic mass is 10.1. The molecule has 16 heavy (non-hydrogen) atoms. The van der Waals surface area contributed by atoms with E-state index in [1.165, 1.54) is 23.5 Å². The van der Waals surface area contributed by atoms with Crippen LogP contribution < -0.4 is 0 Å². The average Bonchev–Trinajstić information content (AvgIpc) is 2.68. The van der Waals surface area contributed by atoms with Gasteiger partial charge in [-0.15, -0.1) is 17.9 Å². The number of carbonyl (C=O) groups excluding carboxylic acids is 1. The molecular weight excluding hydrogens is 223 g/mol. The zero-order chi connectivity index (χ0) is 11.5. The van der Waals surface area contributed by atoms with Crippen molar-refractivity contribution in [3.63, 3.8) is 0 Å². The number of fused-ring (bicyclic) bond motifs is 1. The molecule has 3 heteroatoms. The van der Waals surface area contributed by atoms with Crippen molar-refractivity contribution >= 4 is 27.2 Å². The number of ketones is 1. The van der Waals surface area contributed by atoms with Crippen LogP contribution in [0.4, 0.5) is 4.39 Å². The molecule has 1 aromatic carbocycles. The Balaban J connectivity index is 2.32. The Hall–Kier alpha value is -1.48. The highest BCUT2D eigenvalue weighted by Crippen LogP contribution is 2.27. The molecule has 0 unspecified atom stereocenters. The SMILES string of the molecule is C=CCCC(=O)c1cc2ccc(F)cc2s1. The normalized spacial score (nSPS) is 10.6. The van der Waals surface area contributed by atoms with E-state index < -0.39 is 0 Å². The molecule has 82 valence electrons. The van der Waals surface area contributed by atoms with Crippen molar-refractivity contribution in [2.24, 2.45) is 0 Å². The van der Waals surface area contributed by atoms with Gasteiger partial charge in [0.15, 0.2) is 5.78 Å². The van der Waals surface area contributed by atoms with Gasteiger partial charge in [-0.2, -0.15) is 0 Å². The van der Waals surface area contributed by atoms with E-state index in [9.17, 15) is 9.18 Å². The summed E-state index contributed by atoms with van der Waals surface area (Å²) in [7, 11) is 0. The van der Waals surface area contributed by atoms with Crippen LogP contribution in [0.25, 0.3) is 10.1 Å². The van der Waals surface area contributed by atoms with E-state index in [2.05, 4.69) is 6.58 Å². The molecule has 1 aromatic heterocycles. The number of hydrogen-bond donors (Lipinski definition) is 0. The highest BCUT2D eigenvalue weighted by molar-refractivity contribution is 7.20. The molecule has 0 aliphatic carbocycles. The van der Waals surface area contributed by atoms with E-state index in [-0.39, 0.29) is 11.6 Å². The van der Waals surface area contributed by atoms with Crippen LogP contribution in [0, 0.1) is 5.82 Å². The zero-order valence-corrected chi connectivity index (χ0v) is 9.52. The molecule has 0 N–H and O–H groups in total. The average molecular weight is 234 g/mol. The number of Topliss-reactive ketones (excluding diaryl/α,β-unsaturated/α-hetero) is 1. The van der Waals surface area contributed by atoms with Crippen LogP contribution in [-0.4, -0.2) is 5.78 Å². The van der Waals surface area contributed by atoms with Crippen LogP contribution in [0.15, 0.2) is 36.9 Å². The molecule has 0 aliphatic rings. The highest BCUT2D eigenvalue weighted by Gasteiger charge is 2.09. The van der Waals surface area contributed by atoms with Gasteiger partial charge in [0.05, 0.1) is 4.88 Å². The van der Waals surface area contributed by atoms with Crippen LogP contribution in [0.2, 0.25) is 0 Å². The van der Waals surface area contributed by atoms with Gasteiger partial charge in [0.25, 0.3) is 0 Å². The van der Waals surface area contributed by atoms with Gasteiger partial charge in [-0.3, -0.25) is 4.79 Å². The van der Waals surface area contributed by atoms with Crippen molar-refractivity contribution in [3.8, 4) is 0 Å². The zero-order valence-electron chi connectivity index (χ0n) is 8.70. The fraction of sp³-hybridized carbons (Fsp3) is 0.154. The van der Waals surface area contributed by atoms with Crippen LogP contribution in [0.1, 0.15) is 22.5 Å². The molecule has 1 heterocycles. The van der Waals surface area contributed by atoms with E-state index in [0.717, 1.165) is 10.1 Å². The van der Waals surface area contributed by atoms with Gasteiger partial charge in [-0.05, 0) is 30.0 Å². The minimum Gasteiger partial charge on any atom is -0.293 e. The number of benzene rings is 1. The molecule has 0 spiro atoms. The number of rotatable bonds is 4. The third-order valence-corrected chi connectivity index (χ3v) is 3.47. The third-order valence-electron chi connectivity index (χ3n) is 2.33. The summed E-state index contributed by atoms with van der Waals surface area (Å²) in [5.41, 5.74) is 0. The monoisotopic (exact) mass is 234 g/mol. The maximum absolute atomic E-state index is 13.0. The first-order valence-corrected chi connectivity index (χ1v) is 5.85. The fourth-order valence-corrected chi connectivity index (χ4v) is 2.55. The number of hydrogen-bond acceptors (Lipinski definition) is 2. The molecule has 0 fully saturated rings. The van der Waals surface area contributed by atoms with Crippen molar-refractivity contribution in [1.82, 2.24) is 0 Å². The topological polar surface area (TPSA) is 17.1 Å². The number of halogens is 1. The molecular formula is C13H11FOS. The van der Waals surface area contributed by atoms with Gasteiger partial charge in [0.2, 0.25) is 0 Å². The highest BCUT2D eigenvalue weighted by atomic mass is 32.1. The van der Waals surface area contributed by atoms with Crippen molar-refractivity contribution in [3.05, 3.63) is 47.6 Å². The first kappa shape index (κ1) is 11.0. The minimum atomic E-state index is -0.264. The Morgan fingerprint density at radius 2 is 2.25 bits per heavy atom. The summed E-state index contributed by atoms with van der Waals surface area (Å²) in [6, 6.07) is 6.40. The second-order valence-electron chi connectivity index (χ2n) is 3.54. The largest absolute Gasteiger partial charge is 0.293 e. The molecule has 1 nitrogen and oxygen atoms in total. The molecule has 2 aromatic rings. The molecule has 0 aliphatic heterocycles. The lowest BCUT2D eigenvalue weighted by Crippen LogP contribution is -1.93. The summed E-state index contributed by atoms with van der Waals surface area (Å²) in [5, 5.41) is 0.924. The second kappa shape index (κ2) is 4.58. The Labute approximate surface area is 97.2 Å². The molecule has 2 rings (SSSR count). The smallest absolute Gasteiger partial charge is 0.173 e. The van der Waals surface area contributed by atoms with E-state index in [1.807, 2.05) is 6.07 Å². The summed E-state index contributed by atoms with van der Waals surface area (Å²) in [6.45, 7) is 3.58. The summed E-state index contributed by atoms with van der Waals surface area (Å²) in [4.78, 5) is 12.4. The van der Waals surface area contributed by atoms with Crippen LogP contribution in [0.3, 0.4) is 0 Å². The molecule has 0 atom stereocenters. The summed E-state index contributed by atoms with van der Waals surface area (Å²) < 4.78 is 13.8. The predicted molar refractivity (Wildman–Crippen MR) is 65.5 cm³/mol. The summed E-state index contributed by atoms with van der Waals surface area (Å²) in [6.07, 6.45) is 2.88. The summed E-state index contributed by atoms with van der Waals surface area (Å²) >= 11 is 1.35. The summed E-state index contributed by atoms with van der Waals surface area (Å²) in [5.74, 6) is -0.166. The number of allylic oxidation sites excluding steroid dienone is 1. The van der Waals surface area contributed by atoms with E-state index in [1.54, 1.807) is 12.1 Å².